The smallest absolute Gasteiger partial charge is 0.200 e. The van der Waals surface area contributed by atoms with Crippen LogP contribution in [0.5, 0.6) is 23.0 Å². The van der Waals surface area contributed by atoms with Crippen LogP contribution >= 0.6 is 0 Å². The van der Waals surface area contributed by atoms with Gasteiger partial charge in [0.2, 0.25) is 5.78 Å². The molecule has 0 spiro atoms. The normalized spacial score (nSPS) is 12.6. The molecule has 114 valence electrons. The summed E-state index contributed by atoms with van der Waals surface area (Å²) < 4.78 is 21.4. The van der Waals surface area contributed by atoms with Crippen LogP contribution in [0.1, 0.15) is 10.4 Å². The predicted molar refractivity (Wildman–Crippen MR) is 81.4 cm³/mol. The minimum Gasteiger partial charge on any atom is -0.497 e. The van der Waals surface area contributed by atoms with Crippen LogP contribution in [-0.4, -0.2) is 33.7 Å². The number of ketones is 1. The minimum atomic E-state index is -0.105. The maximum absolute atomic E-state index is 12.3. The molecule has 0 N–H and O–H groups in total. The summed E-state index contributed by atoms with van der Waals surface area (Å²) in [4.78, 5) is 12.3. The lowest BCUT2D eigenvalue weighted by molar-refractivity contribution is 0.0925. The number of hydrogen-bond donors (Lipinski definition) is 0. The Morgan fingerprint density at radius 3 is 2.18 bits per heavy atom. The average molecular weight is 300 g/mol. The molecule has 0 aliphatic carbocycles. The molecule has 1 aliphatic rings. The number of hydrogen-bond acceptors (Lipinski definition) is 5. The lowest BCUT2D eigenvalue weighted by atomic mass is 9.96. The van der Waals surface area contributed by atoms with Gasteiger partial charge in [-0.15, -0.1) is 0 Å². The number of methoxy groups -OCH3 is 3. The van der Waals surface area contributed by atoms with E-state index in [1.807, 2.05) is 12.1 Å². The van der Waals surface area contributed by atoms with Crippen LogP contribution in [0.25, 0.3) is 11.1 Å². The monoisotopic (exact) mass is 300 g/mol. The van der Waals surface area contributed by atoms with Gasteiger partial charge in [-0.3, -0.25) is 4.79 Å². The summed E-state index contributed by atoms with van der Waals surface area (Å²) in [5.74, 6) is 2.27. The van der Waals surface area contributed by atoms with Crippen molar-refractivity contribution < 1.29 is 23.7 Å². The largest absolute Gasteiger partial charge is 0.497 e. The van der Waals surface area contributed by atoms with Crippen molar-refractivity contribution in [2.24, 2.45) is 0 Å². The third kappa shape index (κ3) is 2.24. The molecule has 0 unspecified atom stereocenters. The van der Waals surface area contributed by atoms with E-state index in [4.69, 9.17) is 18.9 Å². The highest BCUT2D eigenvalue weighted by atomic mass is 16.5. The van der Waals surface area contributed by atoms with Crippen molar-refractivity contribution >= 4 is 5.78 Å². The number of carbonyl (C=O) groups excluding carboxylic acids is 1. The first kappa shape index (κ1) is 14.3. The highest BCUT2D eigenvalue weighted by molar-refractivity contribution is 6.05. The first-order valence-electron chi connectivity index (χ1n) is 6.78. The van der Waals surface area contributed by atoms with E-state index in [-0.39, 0.29) is 12.4 Å². The van der Waals surface area contributed by atoms with Gasteiger partial charge in [0.1, 0.15) is 11.5 Å². The molecule has 0 radical (unpaired) electrons. The molecule has 0 fully saturated rings. The Bertz CT molecular complexity index is 736. The SMILES string of the molecule is COc1ccc2c(c1)OCC(=O)c1cc(OC)c(OC)cc1-2. The van der Waals surface area contributed by atoms with Crippen LogP contribution in [-0.2, 0) is 0 Å². The summed E-state index contributed by atoms with van der Waals surface area (Å²) in [5.41, 5.74) is 2.14. The molecule has 22 heavy (non-hydrogen) atoms. The molecule has 3 rings (SSSR count). The van der Waals surface area contributed by atoms with Gasteiger partial charge in [0.05, 0.1) is 21.3 Å². The molecule has 0 atom stereocenters. The van der Waals surface area contributed by atoms with Crippen molar-refractivity contribution in [2.45, 2.75) is 0 Å². The van der Waals surface area contributed by atoms with E-state index in [0.29, 0.717) is 28.6 Å². The third-order valence-corrected chi connectivity index (χ3v) is 3.66. The molecular weight excluding hydrogens is 284 g/mol. The molecular formula is C17H16O5. The summed E-state index contributed by atoms with van der Waals surface area (Å²) in [7, 11) is 4.69. The van der Waals surface area contributed by atoms with Gasteiger partial charge in [-0.25, -0.2) is 0 Å². The zero-order valence-electron chi connectivity index (χ0n) is 12.6. The molecule has 0 aromatic heterocycles. The lowest BCUT2D eigenvalue weighted by Crippen LogP contribution is -2.10. The Morgan fingerprint density at radius 2 is 1.55 bits per heavy atom. The van der Waals surface area contributed by atoms with Gasteiger partial charge in [0, 0.05) is 22.8 Å². The zero-order valence-corrected chi connectivity index (χ0v) is 12.6. The molecule has 1 heterocycles. The van der Waals surface area contributed by atoms with Crippen LogP contribution in [0.4, 0.5) is 0 Å². The van der Waals surface area contributed by atoms with E-state index < -0.39 is 0 Å². The number of ether oxygens (including phenoxy) is 4. The topological polar surface area (TPSA) is 54.0 Å². The summed E-state index contributed by atoms with van der Waals surface area (Å²) in [6.07, 6.45) is 0. The second-order valence-corrected chi connectivity index (χ2v) is 4.83. The van der Waals surface area contributed by atoms with Gasteiger partial charge >= 0.3 is 0 Å². The van der Waals surface area contributed by atoms with Crippen LogP contribution in [0.3, 0.4) is 0 Å². The molecule has 1 aliphatic heterocycles. The van der Waals surface area contributed by atoms with Gasteiger partial charge in [-0.2, -0.15) is 0 Å². The third-order valence-electron chi connectivity index (χ3n) is 3.66. The molecule has 5 nitrogen and oxygen atoms in total. The molecule has 0 bridgehead atoms. The van der Waals surface area contributed by atoms with E-state index >= 15 is 0 Å². The molecule has 0 amide bonds. The molecule has 0 saturated heterocycles. The fourth-order valence-electron chi connectivity index (χ4n) is 2.53. The fourth-order valence-corrected chi connectivity index (χ4v) is 2.53. The first-order chi connectivity index (χ1) is 10.7. The second-order valence-electron chi connectivity index (χ2n) is 4.83. The first-order valence-corrected chi connectivity index (χ1v) is 6.78. The Balaban J connectivity index is 2.25. The lowest BCUT2D eigenvalue weighted by Gasteiger charge is -2.13. The van der Waals surface area contributed by atoms with Crippen LogP contribution in [0.2, 0.25) is 0 Å². The fraction of sp³-hybridized carbons (Fsp3) is 0.235. The Labute approximate surface area is 128 Å². The summed E-state index contributed by atoms with van der Waals surface area (Å²) in [6, 6.07) is 8.97. The standard InChI is InChI=1S/C17H16O5/c1-19-10-4-5-11-12-7-16(20-2)17(21-3)8-13(12)14(18)9-22-15(11)6-10/h4-8H,9H2,1-3H3. The molecule has 0 saturated carbocycles. The van der Waals surface area contributed by atoms with E-state index in [0.717, 1.165) is 11.1 Å². The summed E-state index contributed by atoms with van der Waals surface area (Å²) in [5, 5.41) is 0. The van der Waals surface area contributed by atoms with Crippen LogP contribution in [0, 0.1) is 0 Å². The Morgan fingerprint density at radius 1 is 0.864 bits per heavy atom. The number of benzene rings is 2. The molecule has 2 aromatic rings. The van der Waals surface area contributed by atoms with E-state index in [9.17, 15) is 4.79 Å². The number of fused-ring (bicyclic) bond motifs is 3. The number of carbonyl (C=O) groups is 1. The maximum atomic E-state index is 12.3. The van der Waals surface area contributed by atoms with Crippen LogP contribution in [0.15, 0.2) is 30.3 Å². The highest BCUT2D eigenvalue weighted by Gasteiger charge is 2.24. The van der Waals surface area contributed by atoms with Crippen molar-refractivity contribution in [1.82, 2.24) is 0 Å². The Hall–Kier alpha value is -2.69. The van der Waals surface area contributed by atoms with Crippen molar-refractivity contribution in [3.05, 3.63) is 35.9 Å². The summed E-state index contributed by atoms with van der Waals surface area (Å²) >= 11 is 0. The number of Topliss-reactive ketones (excluding diaryl/α,β-unsaturated/α-hetero) is 1. The minimum absolute atomic E-state index is 0.0251. The van der Waals surface area contributed by atoms with E-state index in [1.54, 1.807) is 39.5 Å². The van der Waals surface area contributed by atoms with Crippen LogP contribution < -0.4 is 18.9 Å². The average Bonchev–Trinajstić information content (AvgIpc) is 2.70. The van der Waals surface area contributed by atoms with Gasteiger partial charge < -0.3 is 18.9 Å². The van der Waals surface area contributed by atoms with Crippen molar-refractivity contribution in [3.63, 3.8) is 0 Å². The highest BCUT2D eigenvalue weighted by Crippen LogP contribution is 2.42. The predicted octanol–water partition coefficient (Wildman–Crippen LogP) is 2.95. The van der Waals surface area contributed by atoms with Gasteiger partial charge in [-0.1, -0.05) is 0 Å². The second kappa shape index (κ2) is 5.60. The number of rotatable bonds is 3. The van der Waals surface area contributed by atoms with E-state index in [2.05, 4.69) is 0 Å². The van der Waals surface area contributed by atoms with Crippen molar-refractivity contribution in [3.8, 4) is 34.1 Å². The molecule has 2 aromatic carbocycles. The maximum Gasteiger partial charge on any atom is 0.200 e. The Kier molecular flexibility index (Phi) is 3.63. The van der Waals surface area contributed by atoms with Gasteiger partial charge in [0.15, 0.2) is 18.1 Å². The quantitative estimate of drug-likeness (QED) is 0.872. The zero-order chi connectivity index (χ0) is 15.7. The summed E-state index contributed by atoms with van der Waals surface area (Å²) in [6.45, 7) is -0.0251. The molecule has 5 heteroatoms. The van der Waals surface area contributed by atoms with E-state index in [1.165, 1.54) is 0 Å². The van der Waals surface area contributed by atoms with Gasteiger partial charge in [0.25, 0.3) is 0 Å². The van der Waals surface area contributed by atoms with Crippen molar-refractivity contribution in [1.29, 1.82) is 0 Å². The van der Waals surface area contributed by atoms with Gasteiger partial charge in [-0.05, 0) is 24.3 Å². The van der Waals surface area contributed by atoms with Crippen molar-refractivity contribution in [2.75, 3.05) is 27.9 Å².